The molecule has 0 aliphatic heterocycles. The number of hydrogen-bond acceptors (Lipinski definition) is 3. The molecule has 2 rings (SSSR count). The van der Waals surface area contributed by atoms with Gasteiger partial charge in [-0.15, -0.1) is 0 Å². The third-order valence-corrected chi connectivity index (χ3v) is 3.62. The molecule has 0 spiro atoms. The Morgan fingerprint density at radius 3 is 2.75 bits per heavy atom. The standard InChI is InChI=1S/C16H21NO3/c1-3-20-15-7-12(8-15)9-16(19)17-14-6-4-5-13(10-14)11(2)18/h4-6,10,12,15H,3,7-9H2,1-2H3,(H,17,19). The van der Waals surface area contributed by atoms with E-state index in [-0.39, 0.29) is 11.7 Å². The van der Waals surface area contributed by atoms with Gasteiger partial charge in [0.25, 0.3) is 0 Å². The summed E-state index contributed by atoms with van der Waals surface area (Å²) >= 11 is 0. The van der Waals surface area contributed by atoms with Crippen LogP contribution in [0.3, 0.4) is 0 Å². The number of amides is 1. The van der Waals surface area contributed by atoms with E-state index in [2.05, 4.69) is 5.32 Å². The molecular weight excluding hydrogens is 254 g/mol. The smallest absolute Gasteiger partial charge is 0.224 e. The molecule has 4 nitrogen and oxygen atoms in total. The fraction of sp³-hybridized carbons (Fsp3) is 0.500. The summed E-state index contributed by atoms with van der Waals surface area (Å²) < 4.78 is 5.48. The number of carbonyl (C=O) groups is 2. The molecule has 108 valence electrons. The minimum Gasteiger partial charge on any atom is -0.378 e. The fourth-order valence-electron chi connectivity index (χ4n) is 2.50. The van der Waals surface area contributed by atoms with Crippen molar-refractivity contribution in [1.82, 2.24) is 0 Å². The number of carbonyl (C=O) groups excluding carboxylic acids is 2. The molecule has 1 aromatic rings. The highest BCUT2D eigenvalue weighted by Crippen LogP contribution is 2.32. The molecule has 0 aromatic heterocycles. The average Bonchev–Trinajstić information content (AvgIpc) is 2.36. The predicted octanol–water partition coefficient (Wildman–Crippen LogP) is 3.03. The van der Waals surface area contributed by atoms with Gasteiger partial charge in [0.15, 0.2) is 5.78 Å². The van der Waals surface area contributed by atoms with Crippen LogP contribution < -0.4 is 5.32 Å². The summed E-state index contributed by atoms with van der Waals surface area (Å²) in [5.41, 5.74) is 1.30. The third kappa shape index (κ3) is 3.90. The lowest BCUT2D eigenvalue weighted by atomic mass is 9.80. The zero-order valence-corrected chi connectivity index (χ0v) is 12.0. The zero-order chi connectivity index (χ0) is 14.5. The summed E-state index contributed by atoms with van der Waals surface area (Å²) in [5, 5.41) is 2.85. The number of ether oxygens (including phenoxy) is 1. The van der Waals surface area contributed by atoms with Gasteiger partial charge in [0.05, 0.1) is 6.10 Å². The number of benzene rings is 1. The Morgan fingerprint density at radius 1 is 1.35 bits per heavy atom. The summed E-state index contributed by atoms with van der Waals surface area (Å²) in [5.74, 6) is 0.424. The summed E-state index contributed by atoms with van der Waals surface area (Å²) in [6.45, 7) is 4.24. The molecule has 0 atom stereocenters. The number of hydrogen-bond donors (Lipinski definition) is 1. The van der Waals surface area contributed by atoms with E-state index in [9.17, 15) is 9.59 Å². The van der Waals surface area contributed by atoms with Gasteiger partial charge in [-0.2, -0.15) is 0 Å². The van der Waals surface area contributed by atoms with Crippen molar-refractivity contribution in [3.63, 3.8) is 0 Å². The molecule has 1 amide bonds. The monoisotopic (exact) mass is 275 g/mol. The number of Topliss-reactive ketones (excluding diaryl/α,β-unsaturated/α-hetero) is 1. The molecule has 0 radical (unpaired) electrons. The predicted molar refractivity (Wildman–Crippen MR) is 77.8 cm³/mol. The van der Waals surface area contributed by atoms with Crippen LogP contribution in [0.4, 0.5) is 5.69 Å². The molecule has 1 aliphatic rings. The van der Waals surface area contributed by atoms with Gasteiger partial charge in [-0.05, 0) is 44.7 Å². The first-order valence-corrected chi connectivity index (χ1v) is 7.11. The molecular formula is C16H21NO3. The average molecular weight is 275 g/mol. The third-order valence-electron chi connectivity index (χ3n) is 3.62. The van der Waals surface area contributed by atoms with Crippen LogP contribution in [0.2, 0.25) is 0 Å². The molecule has 20 heavy (non-hydrogen) atoms. The number of rotatable bonds is 6. The Bertz CT molecular complexity index is 492. The summed E-state index contributed by atoms with van der Waals surface area (Å²) in [4.78, 5) is 23.2. The lowest BCUT2D eigenvalue weighted by Crippen LogP contribution is -2.33. The topological polar surface area (TPSA) is 55.4 Å². The second-order valence-electron chi connectivity index (χ2n) is 5.30. The first-order valence-electron chi connectivity index (χ1n) is 7.11. The van der Waals surface area contributed by atoms with E-state index in [4.69, 9.17) is 4.74 Å². The Hall–Kier alpha value is -1.68. The van der Waals surface area contributed by atoms with Crippen LogP contribution in [-0.4, -0.2) is 24.4 Å². The quantitative estimate of drug-likeness (QED) is 0.812. The minimum absolute atomic E-state index is 0.000326. The van der Waals surface area contributed by atoms with Gasteiger partial charge in [0, 0.05) is 24.3 Å². The van der Waals surface area contributed by atoms with Crippen LogP contribution in [0.5, 0.6) is 0 Å². The summed E-state index contributed by atoms with van der Waals surface area (Å²) in [7, 11) is 0. The maximum absolute atomic E-state index is 11.9. The largest absolute Gasteiger partial charge is 0.378 e. The molecule has 1 aromatic carbocycles. The summed E-state index contributed by atoms with van der Waals surface area (Å²) in [6, 6.07) is 7.04. The van der Waals surface area contributed by atoms with Crippen molar-refractivity contribution in [2.24, 2.45) is 5.92 Å². The van der Waals surface area contributed by atoms with Gasteiger partial charge < -0.3 is 10.1 Å². The minimum atomic E-state index is -0.000326. The lowest BCUT2D eigenvalue weighted by Gasteiger charge is -2.34. The van der Waals surface area contributed by atoms with Crippen molar-refractivity contribution in [3.05, 3.63) is 29.8 Å². The molecule has 1 N–H and O–H groups in total. The SMILES string of the molecule is CCOC1CC(CC(=O)Nc2cccc(C(C)=O)c2)C1. The Labute approximate surface area is 119 Å². The van der Waals surface area contributed by atoms with Crippen LogP contribution in [0.1, 0.15) is 43.5 Å². The van der Waals surface area contributed by atoms with Crippen LogP contribution in [0, 0.1) is 5.92 Å². The van der Waals surface area contributed by atoms with Crippen molar-refractivity contribution < 1.29 is 14.3 Å². The van der Waals surface area contributed by atoms with E-state index < -0.39 is 0 Å². The highest BCUT2D eigenvalue weighted by molar-refractivity contribution is 5.97. The van der Waals surface area contributed by atoms with Gasteiger partial charge in [-0.25, -0.2) is 0 Å². The van der Waals surface area contributed by atoms with Gasteiger partial charge in [-0.3, -0.25) is 9.59 Å². The van der Waals surface area contributed by atoms with E-state index in [1.54, 1.807) is 24.3 Å². The first kappa shape index (κ1) is 14.7. The number of nitrogens with one attached hydrogen (secondary N) is 1. The molecule has 0 heterocycles. The van der Waals surface area contributed by atoms with E-state index in [1.807, 2.05) is 6.92 Å². The van der Waals surface area contributed by atoms with Crippen LogP contribution in [-0.2, 0) is 9.53 Å². The molecule has 0 bridgehead atoms. The van der Waals surface area contributed by atoms with Crippen molar-refractivity contribution in [3.8, 4) is 0 Å². The van der Waals surface area contributed by atoms with Crippen molar-refractivity contribution in [2.45, 2.75) is 39.2 Å². The Kier molecular flexibility index (Phi) is 4.90. The normalized spacial score (nSPS) is 21.1. The van der Waals surface area contributed by atoms with E-state index in [0.29, 0.717) is 29.7 Å². The van der Waals surface area contributed by atoms with Gasteiger partial charge in [-0.1, -0.05) is 12.1 Å². The molecule has 1 fully saturated rings. The second-order valence-corrected chi connectivity index (χ2v) is 5.30. The molecule has 0 saturated heterocycles. The first-order chi connectivity index (χ1) is 9.58. The van der Waals surface area contributed by atoms with Crippen molar-refractivity contribution >= 4 is 17.4 Å². The highest BCUT2D eigenvalue weighted by Gasteiger charge is 2.30. The van der Waals surface area contributed by atoms with Crippen molar-refractivity contribution in [1.29, 1.82) is 0 Å². The maximum atomic E-state index is 11.9. The van der Waals surface area contributed by atoms with E-state index >= 15 is 0 Å². The number of ketones is 1. The maximum Gasteiger partial charge on any atom is 0.224 e. The zero-order valence-electron chi connectivity index (χ0n) is 12.0. The van der Waals surface area contributed by atoms with E-state index in [1.165, 1.54) is 6.92 Å². The fourth-order valence-corrected chi connectivity index (χ4v) is 2.50. The van der Waals surface area contributed by atoms with Crippen LogP contribution in [0.15, 0.2) is 24.3 Å². The highest BCUT2D eigenvalue weighted by atomic mass is 16.5. The van der Waals surface area contributed by atoms with Crippen LogP contribution in [0.25, 0.3) is 0 Å². The molecule has 0 unspecified atom stereocenters. The molecule has 1 saturated carbocycles. The lowest BCUT2D eigenvalue weighted by molar-refractivity contribution is -0.119. The van der Waals surface area contributed by atoms with E-state index in [0.717, 1.165) is 19.4 Å². The Morgan fingerprint density at radius 2 is 2.10 bits per heavy atom. The molecule has 4 heteroatoms. The van der Waals surface area contributed by atoms with Gasteiger partial charge >= 0.3 is 0 Å². The summed E-state index contributed by atoms with van der Waals surface area (Å²) in [6.07, 6.45) is 2.79. The molecule has 1 aliphatic carbocycles. The van der Waals surface area contributed by atoms with Gasteiger partial charge in [0.2, 0.25) is 5.91 Å². The second kappa shape index (κ2) is 6.66. The Balaban J connectivity index is 1.80. The van der Waals surface area contributed by atoms with Gasteiger partial charge in [0.1, 0.15) is 0 Å². The van der Waals surface area contributed by atoms with Crippen LogP contribution >= 0.6 is 0 Å². The number of anilines is 1. The van der Waals surface area contributed by atoms with Crippen molar-refractivity contribution in [2.75, 3.05) is 11.9 Å².